The van der Waals surface area contributed by atoms with E-state index in [1.807, 2.05) is 0 Å². The molecule has 0 heterocycles. The van der Waals surface area contributed by atoms with E-state index in [0.29, 0.717) is 18.0 Å². The molecule has 0 atom stereocenters. The van der Waals surface area contributed by atoms with Crippen LogP contribution in [0.25, 0.3) is 0 Å². The molecule has 0 saturated carbocycles. The molecule has 0 aromatic heterocycles. The molecule has 0 bridgehead atoms. The monoisotopic (exact) mass is 380 g/mol. The summed E-state index contributed by atoms with van der Waals surface area (Å²) in [5, 5.41) is 5.27. The van der Waals surface area contributed by atoms with Crippen LogP contribution >= 0.6 is 11.8 Å². The molecule has 2 N–H and O–H groups in total. The van der Waals surface area contributed by atoms with Gasteiger partial charge in [-0.05, 0) is 48.5 Å². The van der Waals surface area contributed by atoms with Crippen LogP contribution in [0.4, 0.5) is 14.5 Å². The lowest BCUT2D eigenvalue weighted by Gasteiger charge is -2.08. The molecule has 0 fully saturated rings. The minimum Gasteiger partial charge on any atom is -0.492 e. The third-order valence-corrected chi connectivity index (χ3v) is 4.03. The van der Waals surface area contributed by atoms with E-state index in [-0.39, 0.29) is 41.6 Å². The lowest BCUT2D eigenvalue weighted by molar-refractivity contribution is -0.118. The smallest absolute Gasteiger partial charge is 0.234 e. The van der Waals surface area contributed by atoms with Crippen molar-refractivity contribution < 1.29 is 23.1 Å². The number of rotatable bonds is 9. The van der Waals surface area contributed by atoms with Gasteiger partial charge in [0.05, 0.1) is 18.1 Å². The zero-order valence-electron chi connectivity index (χ0n) is 13.8. The van der Waals surface area contributed by atoms with Crippen molar-refractivity contribution >= 4 is 29.3 Å². The summed E-state index contributed by atoms with van der Waals surface area (Å²) in [6.07, 6.45) is 0. The molecule has 5 nitrogen and oxygen atoms in total. The lowest BCUT2D eigenvalue weighted by atomic mass is 10.3. The molecule has 0 saturated heterocycles. The zero-order chi connectivity index (χ0) is 18.8. The first-order valence-electron chi connectivity index (χ1n) is 7.81. The van der Waals surface area contributed by atoms with Crippen molar-refractivity contribution in [3.63, 3.8) is 0 Å². The van der Waals surface area contributed by atoms with Gasteiger partial charge in [-0.15, -0.1) is 11.8 Å². The number of amides is 2. The van der Waals surface area contributed by atoms with Gasteiger partial charge in [0.15, 0.2) is 0 Å². The van der Waals surface area contributed by atoms with Gasteiger partial charge in [0.1, 0.15) is 24.0 Å². The van der Waals surface area contributed by atoms with E-state index in [1.54, 1.807) is 0 Å². The summed E-state index contributed by atoms with van der Waals surface area (Å²) in [6, 6.07) is 11.0. The number of hydrogen-bond donors (Lipinski definition) is 2. The number of benzene rings is 2. The second kappa shape index (κ2) is 10.4. The Morgan fingerprint density at radius 3 is 2.12 bits per heavy atom. The number of nitrogens with one attached hydrogen (secondary N) is 2. The quantitative estimate of drug-likeness (QED) is 0.657. The summed E-state index contributed by atoms with van der Waals surface area (Å²) < 4.78 is 30.9. The normalized spacial score (nSPS) is 10.2. The van der Waals surface area contributed by atoms with Gasteiger partial charge in [0.25, 0.3) is 0 Å². The molecule has 0 radical (unpaired) electrons. The topological polar surface area (TPSA) is 67.4 Å². The molecule has 2 aromatic carbocycles. The van der Waals surface area contributed by atoms with E-state index in [2.05, 4.69) is 10.6 Å². The van der Waals surface area contributed by atoms with Crippen LogP contribution in [-0.2, 0) is 9.59 Å². The van der Waals surface area contributed by atoms with Crippen molar-refractivity contribution in [3.8, 4) is 5.75 Å². The molecule has 0 aliphatic rings. The first-order chi connectivity index (χ1) is 12.5. The van der Waals surface area contributed by atoms with Crippen LogP contribution in [0.1, 0.15) is 0 Å². The Morgan fingerprint density at radius 2 is 1.46 bits per heavy atom. The maximum absolute atomic E-state index is 12.8. The second-order valence-corrected chi connectivity index (χ2v) is 6.19. The van der Waals surface area contributed by atoms with Crippen LogP contribution in [0.15, 0.2) is 48.5 Å². The average molecular weight is 380 g/mol. The summed E-state index contributed by atoms with van der Waals surface area (Å²) >= 11 is 1.17. The van der Waals surface area contributed by atoms with E-state index < -0.39 is 0 Å². The predicted octanol–water partition coefficient (Wildman–Crippen LogP) is 2.83. The zero-order valence-corrected chi connectivity index (χ0v) is 14.7. The van der Waals surface area contributed by atoms with E-state index in [1.165, 1.54) is 60.3 Å². The molecule has 0 aliphatic carbocycles. The third kappa shape index (κ3) is 7.52. The molecule has 0 unspecified atom stereocenters. The fraction of sp³-hybridized carbons (Fsp3) is 0.222. The van der Waals surface area contributed by atoms with E-state index in [4.69, 9.17) is 4.74 Å². The SMILES string of the molecule is O=C(CSCC(=O)Nc1ccc(F)cc1)NCCOc1ccc(F)cc1. The highest BCUT2D eigenvalue weighted by atomic mass is 32.2. The van der Waals surface area contributed by atoms with Crippen LogP contribution in [0.2, 0.25) is 0 Å². The molecule has 2 rings (SSSR count). The van der Waals surface area contributed by atoms with Crippen LogP contribution in [0.5, 0.6) is 5.75 Å². The fourth-order valence-electron chi connectivity index (χ4n) is 1.91. The molecule has 0 aliphatic heterocycles. The van der Waals surface area contributed by atoms with Gasteiger partial charge in [-0.1, -0.05) is 0 Å². The van der Waals surface area contributed by atoms with Gasteiger partial charge in [-0.3, -0.25) is 9.59 Å². The average Bonchev–Trinajstić information content (AvgIpc) is 2.62. The number of ether oxygens (including phenoxy) is 1. The number of carbonyl (C=O) groups excluding carboxylic acids is 2. The number of carbonyl (C=O) groups is 2. The first-order valence-corrected chi connectivity index (χ1v) is 8.96. The predicted molar refractivity (Wildman–Crippen MR) is 97.3 cm³/mol. The van der Waals surface area contributed by atoms with Crippen molar-refractivity contribution in [1.82, 2.24) is 5.32 Å². The Labute approximate surface area is 154 Å². The maximum atomic E-state index is 12.8. The van der Waals surface area contributed by atoms with Crippen molar-refractivity contribution in [2.45, 2.75) is 0 Å². The van der Waals surface area contributed by atoms with Gasteiger partial charge < -0.3 is 15.4 Å². The number of hydrogen-bond acceptors (Lipinski definition) is 4. The molecule has 138 valence electrons. The van der Waals surface area contributed by atoms with Crippen molar-refractivity contribution in [1.29, 1.82) is 0 Å². The minimum absolute atomic E-state index is 0.108. The van der Waals surface area contributed by atoms with Crippen LogP contribution in [0, 0.1) is 11.6 Å². The Kier molecular flexibility index (Phi) is 7.88. The van der Waals surface area contributed by atoms with E-state index >= 15 is 0 Å². The Balaban J connectivity index is 1.54. The Bertz CT molecular complexity index is 724. The highest BCUT2D eigenvalue weighted by Gasteiger charge is 2.06. The van der Waals surface area contributed by atoms with Crippen LogP contribution in [0.3, 0.4) is 0 Å². The highest BCUT2D eigenvalue weighted by molar-refractivity contribution is 8.00. The van der Waals surface area contributed by atoms with Crippen molar-refractivity contribution in [2.75, 3.05) is 30.0 Å². The van der Waals surface area contributed by atoms with Crippen LogP contribution in [-0.4, -0.2) is 36.5 Å². The van der Waals surface area contributed by atoms with Gasteiger partial charge in [-0.2, -0.15) is 0 Å². The molecule has 0 spiro atoms. The number of anilines is 1. The van der Waals surface area contributed by atoms with Gasteiger partial charge in [-0.25, -0.2) is 8.78 Å². The fourth-order valence-corrected chi connectivity index (χ4v) is 2.55. The van der Waals surface area contributed by atoms with E-state index in [9.17, 15) is 18.4 Å². The maximum Gasteiger partial charge on any atom is 0.234 e. The lowest BCUT2D eigenvalue weighted by Crippen LogP contribution is -2.30. The van der Waals surface area contributed by atoms with E-state index in [0.717, 1.165) is 0 Å². The molecular formula is C18H18F2N2O3S. The molecule has 8 heteroatoms. The first kappa shape index (κ1) is 19.7. The summed E-state index contributed by atoms with van der Waals surface area (Å²) in [5.41, 5.74) is 0.499. The molecule has 2 aromatic rings. The molecular weight excluding hydrogens is 362 g/mol. The molecule has 26 heavy (non-hydrogen) atoms. The third-order valence-electron chi connectivity index (χ3n) is 3.10. The minimum atomic E-state index is -0.377. The van der Waals surface area contributed by atoms with Gasteiger partial charge in [0.2, 0.25) is 11.8 Å². The van der Waals surface area contributed by atoms with Crippen molar-refractivity contribution in [2.24, 2.45) is 0 Å². The summed E-state index contributed by atoms with van der Waals surface area (Å²) in [7, 11) is 0. The largest absolute Gasteiger partial charge is 0.492 e. The van der Waals surface area contributed by atoms with Crippen LogP contribution < -0.4 is 15.4 Å². The number of thioether (sulfide) groups is 1. The van der Waals surface area contributed by atoms with Crippen molar-refractivity contribution in [3.05, 3.63) is 60.2 Å². The highest BCUT2D eigenvalue weighted by Crippen LogP contribution is 2.11. The van der Waals surface area contributed by atoms with Gasteiger partial charge in [0, 0.05) is 5.69 Å². The number of halogens is 2. The molecule has 2 amide bonds. The summed E-state index contributed by atoms with van der Waals surface area (Å²) in [6.45, 7) is 0.561. The summed E-state index contributed by atoms with van der Waals surface area (Å²) in [4.78, 5) is 23.4. The summed E-state index contributed by atoms with van der Waals surface area (Å²) in [5.74, 6) is -0.443. The Hall–Kier alpha value is -2.61. The second-order valence-electron chi connectivity index (χ2n) is 5.20. The van der Waals surface area contributed by atoms with Gasteiger partial charge >= 0.3 is 0 Å². The Morgan fingerprint density at radius 1 is 0.885 bits per heavy atom. The standard InChI is InChI=1S/C18H18F2N2O3S/c19-13-1-5-15(6-2-13)22-18(24)12-26-11-17(23)21-9-10-25-16-7-3-14(20)4-8-16/h1-8H,9-12H2,(H,21,23)(H,22,24).